The smallest absolute Gasteiger partial charge is 0.229 e. The predicted molar refractivity (Wildman–Crippen MR) is 62.6 cm³/mol. The maximum atomic E-state index is 10.5. The minimum atomic E-state index is -0.620. The summed E-state index contributed by atoms with van der Waals surface area (Å²) in [6, 6.07) is 0. The fourth-order valence-electron chi connectivity index (χ4n) is 2.92. The van der Waals surface area contributed by atoms with Gasteiger partial charge in [-0.1, -0.05) is 24.9 Å². The van der Waals surface area contributed by atoms with Crippen molar-refractivity contribution in [2.24, 2.45) is 5.92 Å². The highest BCUT2D eigenvalue weighted by Crippen LogP contribution is 2.39. The minimum Gasteiger partial charge on any atom is -0.389 e. The van der Waals surface area contributed by atoms with Gasteiger partial charge < -0.3 is 9.63 Å². The van der Waals surface area contributed by atoms with E-state index in [0.29, 0.717) is 24.1 Å². The van der Waals surface area contributed by atoms with E-state index in [1.54, 1.807) is 0 Å². The Morgan fingerprint density at radius 2 is 2.24 bits per heavy atom. The molecule has 2 aliphatic rings. The highest BCUT2D eigenvalue weighted by Gasteiger charge is 2.35. The molecule has 94 valence electrons. The van der Waals surface area contributed by atoms with E-state index < -0.39 is 5.60 Å². The topological polar surface area (TPSA) is 59.2 Å². The van der Waals surface area contributed by atoms with E-state index in [1.165, 1.54) is 19.3 Å². The average molecular weight is 236 g/mol. The van der Waals surface area contributed by atoms with E-state index in [4.69, 9.17) is 4.52 Å². The molecular formula is C13H20N2O2. The molecule has 1 N–H and O–H groups in total. The molecule has 0 bridgehead atoms. The molecule has 17 heavy (non-hydrogen) atoms. The van der Waals surface area contributed by atoms with Gasteiger partial charge in [0.05, 0.1) is 12.0 Å². The lowest BCUT2D eigenvalue weighted by molar-refractivity contribution is -0.0180. The first-order valence-corrected chi connectivity index (χ1v) is 6.69. The van der Waals surface area contributed by atoms with Gasteiger partial charge in [0.25, 0.3) is 0 Å². The van der Waals surface area contributed by atoms with Crippen molar-refractivity contribution in [3.8, 4) is 0 Å². The SMILES string of the molecule is C[C@H]1CCC[C@](O)(Cc2nc(C3CC3)no2)C1. The number of nitrogens with zero attached hydrogens (tertiary/aromatic N) is 2. The zero-order chi connectivity index (χ0) is 11.9. The summed E-state index contributed by atoms with van der Waals surface area (Å²) in [6.07, 6.45) is 6.92. The van der Waals surface area contributed by atoms with E-state index in [2.05, 4.69) is 17.1 Å². The van der Waals surface area contributed by atoms with Gasteiger partial charge in [0.1, 0.15) is 0 Å². The van der Waals surface area contributed by atoms with Crippen LogP contribution in [0.5, 0.6) is 0 Å². The summed E-state index contributed by atoms with van der Waals surface area (Å²) < 4.78 is 5.25. The molecule has 0 radical (unpaired) electrons. The van der Waals surface area contributed by atoms with Crippen LogP contribution in [0, 0.1) is 5.92 Å². The summed E-state index contributed by atoms with van der Waals surface area (Å²) in [6.45, 7) is 2.20. The van der Waals surface area contributed by atoms with Crippen LogP contribution in [0.25, 0.3) is 0 Å². The van der Waals surface area contributed by atoms with Crippen molar-refractivity contribution in [1.29, 1.82) is 0 Å². The molecule has 0 aromatic carbocycles. The third-order valence-corrected chi connectivity index (χ3v) is 3.97. The zero-order valence-electron chi connectivity index (χ0n) is 10.4. The van der Waals surface area contributed by atoms with Crippen LogP contribution >= 0.6 is 0 Å². The normalized spacial score (nSPS) is 33.9. The molecule has 2 aliphatic carbocycles. The Morgan fingerprint density at radius 1 is 1.41 bits per heavy atom. The zero-order valence-corrected chi connectivity index (χ0v) is 10.4. The minimum absolute atomic E-state index is 0.521. The van der Waals surface area contributed by atoms with Gasteiger partial charge in [0.2, 0.25) is 5.89 Å². The monoisotopic (exact) mass is 236 g/mol. The first-order chi connectivity index (χ1) is 8.15. The van der Waals surface area contributed by atoms with Gasteiger partial charge in [-0.05, 0) is 31.6 Å². The first-order valence-electron chi connectivity index (χ1n) is 6.69. The molecule has 1 aromatic heterocycles. The van der Waals surface area contributed by atoms with Crippen LogP contribution < -0.4 is 0 Å². The van der Waals surface area contributed by atoms with Gasteiger partial charge in [-0.2, -0.15) is 4.98 Å². The van der Waals surface area contributed by atoms with Crippen molar-refractivity contribution >= 4 is 0 Å². The van der Waals surface area contributed by atoms with E-state index in [-0.39, 0.29) is 0 Å². The Labute approximate surface area is 101 Å². The molecule has 0 unspecified atom stereocenters. The lowest BCUT2D eigenvalue weighted by Crippen LogP contribution is -2.36. The largest absolute Gasteiger partial charge is 0.389 e. The van der Waals surface area contributed by atoms with Crippen LogP contribution in [0.2, 0.25) is 0 Å². The number of rotatable bonds is 3. The molecule has 1 heterocycles. The number of hydrogen-bond acceptors (Lipinski definition) is 4. The molecule has 2 saturated carbocycles. The molecular weight excluding hydrogens is 216 g/mol. The number of aromatic nitrogens is 2. The van der Waals surface area contributed by atoms with Gasteiger partial charge in [-0.15, -0.1) is 0 Å². The quantitative estimate of drug-likeness (QED) is 0.875. The molecule has 0 aliphatic heterocycles. The molecule has 0 spiro atoms. The molecule has 2 fully saturated rings. The van der Waals surface area contributed by atoms with E-state index in [1.807, 2.05) is 0 Å². The Bertz CT molecular complexity index is 400. The highest BCUT2D eigenvalue weighted by atomic mass is 16.5. The summed E-state index contributed by atoms with van der Waals surface area (Å²) >= 11 is 0. The third kappa shape index (κ3) is 2.51. The van der Waals surface area contributed by atoms with Gasteiger partial charge in [0.15, 0.2) is 5.82 Å². The molecule has 3 rings (SSSR count). The molecule has 4 nitrogen and oxygen atoms in total. The number of hydrogen-bond donors (Lipinski definition) is 1. The van der Waals surface area contributed by atoms with Crippen LogP contribution in [-0.2, 0) is 6.42 Å². The summed E-state index contributed by atoms with van der Waals surface area (Å²) in [4.78, 5) is 4.40. The van der Waals surface area contributed by atoms with E-state index >= 15 is 0 Å². The van der Waals surface area contributed by atoms with Crippen molar-refractivity contribution in [3.63, 3.8) is 0 Å². The third-order valence-electron chi connectivity index (χ3n) is 3.97. The first kappa shape index (κ1) is 11.2. The highest BCUT2D eigenvalue weighted by molar-refractivity contribution is 5.04. The Kier molecular flexibility index (Phi) is 2.69. The van der Waals surface area contributed by atoms with Gasteiger partial charge >= 0.3 is 0 Å². The van der Waals surface area contributed by atoms with E-state index in [0.717, 1.165) is 25.1 Å². The lowest BCUT2D eigenvalue weighted by atomic mass is 9.77. The van der Waals surface area contributed by atoms with Crippen molar-refractivity contribution in [3.05, 3.63) is 11.7 Å². The standard InChI is InChI=1S/C13H20N2O2/c1-9-3-2-6-13(16,7-9)8-11-14-12(15-17-11)10-4-5-10/h9-10,16H,2-8H2,1H3/t9-,13+/m0/s1. The van der Waals surface area contributed by atoms with Crippen molar-refractivity contribution in [2.75, 3.05) is 0 Å². The molecule has 1 aromatic rings. The second kappa shape index (κ2) is 4.09. The summed E-state index contributed by atoms with van der Waals surface area (Å²) in [5.74, 6) is 2.57. The molecule has 0 amide bonds. The van der Waals surface area contributed by atoms with Crippen LogP contribution in [0.3, 0.4) is 0 Å². The maximum absolute atomic E-state index is 10.5. The van der Waals surface area contributed by atoms with Crippen molar-refractivity contribution in [1.82, 2.24) is 10.1 Å². The maximum Gasteiger partial charge on any atom is 0.229 e. The average Bonchev–Trinajstić information content (AvgIpc) is 3.00. The Morgan fingerprint density at radius 3 is 2.94 bits per heavy atom. The van der Waals surface area contributed by atoms with Crippen molar-refractivity contribution in [2.45, 2.75) is 63.4 Å². The van der Waals surface area contributed by atoms with Gasteiger partial charge in [-0.3, -0.25) is 0 Å². The molecule has 4 heteroatoms. The predicted octanol–water partition coefficient (Wildman–Crippen LogP) is 2.43. The lowest BCUT2D eigenvalue weighted by Gasteiger charge is -2.34. The summed E-state index contributed by atoms with van der Waals surface area (Å²) in [7, 11) is 0. The molecule has 2 atom stereocenters. The fourth-order valence-corrected chi connectivity index (χ4v) is 2.92. The van der Waals surface area contributed by atoms with Gasteiger partial charge in [0, 0.05) is 5.92 Å². The number of aliphatic hydroxyl groups is 1. The second-order valence-electron chi connectivity index (χ2n) is 5.92. The van der Waals surface area contributed by atoms with Crippen LogP contribution in [0.15, 0.2) is 4.52 Å². The summed E-state index contributed by atoms with van der Waals surface area (Å²) in [5, 5.41) is 14.5. The van der Waals surface area contributed by atoms with Crippen molar-refractivity contribution < 1.29 is 9.63 Å². The van der Waals surface area contributed by atoms with Gasteiger partial charge in [-0.25, -0.2) is 0 Å². The second-order valence-corrected chi connectivity index (χ2v) is 5.92. The Hall–Kier alpha value is -0.900. The fraction of sp³-hybridized carbons (Fsp3) is 0.846. The van der Waals surface area contributed by atoms with Crippen LogP contribution in [0.4, 0.5) is 0 Å². The summed E-state index contributed by atoms with van der Waals surface area (Å²) in [5.41, 5.74) is -0.620. The van der Waals surface area contributed by atoms with E-state index in [9.17, 15) is 5.11 Å². The van der Waals surface area contributed by atoms with Crippen LogP contribution in [-0.4, -0.2) is 20.8 Å². The Balaban J connectivity index is 1.67. The molecule has 0 saturated heterocycles. The van der Waals surface area contributed by atoms with Crippen LogP contribution in [0.1, 0.15) is 63.1 Å².